The van der Waals surface area contributed by atoms with Crippen molar-refractivity contribution in [1.29, 1.82) is 0 Å². The van der Waals surface area contributed by atoms with Gasteiger partial charge in [-0.15, -0.1) is 0 Å². The molecule has 1 atom stereocenters. The van der Waals surface area contributed by atoms with Gasteiger partial charge in [0.15, 0.2) is 0 Å². The number of piperidine rings is 1. The van der Waals surface area contributed by atoms with Gasteiger partial charge >= 0.3 is 0 Å². The Bertz CT molecular complexity index is 1010. The van der Waals surface area contributed by atoms with Crippen LogP contribution in [0.3, 0.4) is 0 Å². The third-order valence-corrected chi connectivity index (χ3v) is 6.54. The van der Waals surface area contributed by atoms with Crippen LogP contribution in [0.5, 0.6) is 0 Å². The minimum absolute atomic E-state index is 0.0525. The Balaban J connectivity index is 1.70. The molecule has 29 heavy (non-hydrogen) atoms. The molecule has 0 unspecified atom stereocenters. The van der Waals surface area contributed by atoms with E-state index in [1.165, 1.54) is 53.7 Å². The number of halogens is 1. The second-order valence-corrected chi connectivity index (χ2v) is 8.85. The predicted octanol–water partition coefficient (Wildman–Crippen LogP) is 2.82. The number of benzene rings is 2. The molecule has 0 spiro atoms. The first-order chi connectivity index (χ1) is 13.8. The van der Waals surface area contributed by atoms with Crippen LogP contribution in [0, 0.1) is 11.7 Å². The lowest BCUT2D eigenvalue weighted by molar-refractivity contribution is -0.121. The molecule has 0 aliphatic carbocycles. The third-order valence-electron chi connectivity index (χ3n) is 4.66. The summed E-state index contributed by atoms with van der Waals surface area (Å²) in [5.41, 5.74) is 0.839. The van der Waals surface area contributed by atoms with Crippen molar-refractivity contribution in [2.75, 3.05) is 23.7 Å². The summed E-state index contributed by atoms with van der Waals surface area (Å²) < 4.78 is 40.5. The van der Waals surface area contributed by atoms with Crippen molar-refractivity contribution in [2.45, 2.75) is 24.7 Å². The highest BCUT2D eigenvalue weighted by atomic mass is 32.2. The van der Waals surface area contributed by atoms with Crippen LogP contribution < -0.4 is 10.6 Å². The molecule has 3 rings (SSSR count). The fourth-order valence-corrected chi connectivity index (χ4v) is 4.77. The maximum atomic E-state index is 13.3. The molecule has 2 aromatic carbocycles. The van der Waals surface area contributed by atoms with E-state index in [4.69, 9.17) is 0 Å². The van der Waals surface area contributed by atoms with Crippen molar-refractivity contribution >= 4 is 33.2 Å². The van der Waals surface area contributed by atoms with Crippen LogP contribution in [0.25, 0.3) is 0 Å². The molecule has 154 valence electrons. The number of hydrogen-bond donors (Lipinski definition) is 2. The van der Waals surface area contributed by atoms with Crippen LogP contribution in [-0.4, -0.2) is 37.6 Å². The fraction of sp³-hybridized carbons (Fsp3) is 0.300. The minimum atomic E-state index is -3.77. The van der Waals surface area contributed by atoms with Crippen molar-refractivity contribution in [2.24, 2.45) is 5.92 Å². The number of nitrogens with one attached hydrogen (secondary N) is 2. The summed E-state index contributed by atoms with van der Waals surface area (Å²) in [5, 5.41) is 5.23. The first kappa shape index (κ1) is 20.9. The molecule has 1 aliphatic heterocycles. The Morgan fingerprint density at radius 2 is 1.79 bits per heavy atom. The highest BCUT2D eigenvalue weighted by Gasteiger charge is 2.33. The normalized spacial score (nSPS) is 17.5. The van der Waals surface area contributed by atoms with E-state index in [1.807, 2.05) is 0 Å². The van der Waals surface area contributed by atoms with Gasteiger partial charge in [-0.25, -0.2) is 12.8 Å². The van der Waals surface area contributed by atoms with Gasteiger partial charge < -0.3 is 10.6 Å². The average Bonchev–Trinajstić information content (AvgIpc) is 2.68. The van der Waals surface area contributed by atoms with E-state index in [1.54, 1.807) is 6.07 Å². The molecule has 0 saturated carbocycles. The molecule has 0 bridgehead atoms. The molecule has 1 heterocycles. The lowest BCUT2D eigenvalue weighted by atomic mass is 9.99. The zero-order valence-electron chi connectivity index (χ0n) is 15.9. The topological polar surface area (TPSA) is 95.6 Å². The van der Waals surface area contributed by atoms with E-state index in [9.17, 15) is 22.4 Å². The summed E-state index contributed by atoms with van der Waals surface area (Å²) in [4.78, 5) is 23.7. The maximum absolute atomic E-state index is 13.3. The van der Waals surface area contributed by atoms with Crippen LogP contribution in [0.15, 0.2) is 53.4 Å². The maximum Gasteiger partial charge on any atom is 0.243 e. The number of carbonyl (C=O) groups excluding carboxylic acids is 2. The predicted molar refractivity (Wildman–Crippen MR) is 107 cm³/mol. The van der Waals surface area contributed by atoms with Gasteiger partial charge in [-0.3, -0.25) is 9.59 Å². The SMILES string of the molecule is CC(=O)Nc1ccc(S(=O)(=O)N2CCC[C@H](C(=O)Nc3cccc(F)c3)C2)cc1. The third kappa shape index (κ3) is 5.18. The van der Waals surface area contributed by atoms with Gasteiger partial charge in [0.1, 0.15) is 5.82 Å². The fourth-order valence-electron chi connectivity index (χ4n) is 3.25. The highest BCUT2D eigenvalue weighted by molar-refractivity contribution is 7.89. The summed E-state index contributed by atoms with van der Waals surface area (Å²) in [6.07, 6.45) is 1.10. The Labute approximate surface area is 169 Å². The van der Waals surface area contributed by atoms with Crippen molar-refractivity contribution in [3.05, 3.63) is 54.3 Å². The van der Waals surface area contributed by atoms with Gasteiger partial charge in [-0.2, -0.15) is 4.31 Å². The van der Waals surface area contributed by atoms with Crippen LogP contribution in [-0.2, 0) is 19.6 Å². The summed E-state index contributed by atoms with van der Waals surface area (Å²) in [7, 11) is -3.77. The average molecular weight is 419 g/mol. The Kier molecular flexibility index (Phi) is 6.29. The molecular formula is C20H22FN3O4S. The standard InChI is InChI=1S/C20H22FN3O4S/c1-14(25)22-17-7-9-19(10-8-17)29(27,28)24-11-3-4-15(13-24)20(26)23-18-6-2-5-16(21)12-18/h2,5-10,12,15H,3-4,11,13H2,1H3,(H,22,25)(H,23,26)/t15-/m0/s1. The number of rotatable bonds is 5. The first-order valence-electron chi connectivity index (χ1n) is 9.20. The lowest BCUT2D eigenvalue weighted by Crippen LogP contribution is -2.43. The second-order valence-electron chi connectivity index (χ2n) is 6.91. The zero-order valence-corrected chi connectivity index (χ0v) is 16.7. The van der Waals surface area contributed by atoms with Crippen molar-refractivity contribution in [3.8, 4) is 0 Å². The smallest absolute Gasteiger partial charge is 0.243 e. The van der Waals surface area contributed by atoms with Crippen LogP contribution in [0.4, 0.5) is 15.8 Å². The quantitative estimate of drug-likeness (QED) is 0.779. The number of nitrogens with zero attached hydrogens (tertiary/aromatic N) is 1. The molecule has 0 aromatic heterocycles. The van der Waals surface area contributed by atoms with Gasteiger partial charge in [-0.05, 0) is 55.3 Å². The van der Waals surface area contributed by atoms with Crippen molar-refractivity contribution in [3.63, 3.8) is 0 Å². The first-order valence-corrected chi connectivity index (χ1v) is 10.6. The molecule has 1 aliphatic rings. The summed E-state index contributed by atoms with van der Waals surface area (Å²) in [5.74, 6) is -1.57. The minimum Gasteiger partial charge on any atom is -0.326 e. The Morgan fingerprint density at radius 3 is 2.45 bits per heavy atom. The number of amides is 2. The van der Waals surface area contributed by atoms with Gasteiger partial charge in [0.25, 0.3) is 0 Å². The number of anilines is 2. The zero-order chi connectivity index (χ0) is 21.0. The van der Waals surface area contributed by atoms with Gasteiger partial charge in [0.2, 0.25) is 21.8 Å². The largest absolute Gasteiger partial charge is 0.326 e. The van der Waals surface area contributed by atoms with E-state index in [0.29, 0.717) is 30.8 Å². The number of hydrogen-bond acceptors (Lipinski definition) is 4. The van der Waals surface area contributed by atoms with Crippen LogP contribution >= 0.6 is 0 Å². The number of carbonyl (C=O) groups is 2. The molecular weight excluding hydrogens is 397 g/mol. The van der Waals surface area contributed by atoms with Crippen LogP contribution in [0.2, 0.25) is 0 Å². The monoisotopic (exact) mass is 419 g/mol. The summed E-state index contributed by atoms with van der Waals surface area (Å²) in [6.45, 7) is 1.74. The van der Waals surface area contributed by atoms with E-state index in [2.05, 4.69) is 10.6 Å². The number of sulfonamides is 1. The molecule has 1 fully saturated rings. The highest BCUT2D eigenvalue weighted by Crippen LogP contribution is 2.25. The molecule has 2 aromatic rings. The van der Waals surface area contributed by atoms with Gasteiger partial charge in [0, 0.05) is 31.4 Å². The molecule has 7 nitrogen and oxygen atoms in total. The summed E-state index contributed by atoms with van der Waals surface area (Å²) >= 11 is 0. The Morgan fingerprint density at radius 1 is 1.07 bits per heavy atom. The van der Waals surface area contributed by atoms with Gasteiger partial charge in [0.05, 0.1) is 10.8 Å². The van der Waals surface area contributed by atoms with Crippen molar-refractivity contribution in [1.82, 2.24) is 4.31 Å². The molecule has 2 amide bonds. The van der Waals surface area contributed by atoms with Gasteiger partial charge in [-0.1, -0.05) is 6.07 Å². The summed E-state index contributed by atoms with van der Waals surface area (Å²) in [6, 6.07) is 11.5. The lowest BCUT2D eigenvalue weighted by Gasteiger charge is -2.31. The second kappa shape index (κ2) is 8.71. The molecule has 0 radical (unpaired) electrons. The van der Waals surface area contributed by atoms with E-state index >= 15 is 0 Å². The van der Waals surface area contributed by atoms with Crippen molar-refractivity contribution < 1.29 is 22.4 Å². The van der Waals surface area contributed by atoms with E-state index in [0.717, 1.165) is 0 Å². The molecule has 2 N–H and O–H groups in total. The molecule has 1 saturated heterocycles. The molecule has 9 heteroatoms. The van der Waals surface area contributed by atoms with E-state index in [-0.39, 0.29) is 23.3 Å². The van der Waals surface area contributed by atoms with Crippen LogP contribution in [0.1, 0.15) is 19.8 Å². The Hall–Kier alpha value is -2.78. The van der Waals surface area contributed by atoms with E-state index < -0.39 is 21.8 Å².